The lowest BCUT2D eigenvalue weighted by Gasteiger charge is -2.23. The van der Waals surface area contributed by atoms with Gasteiger partial charge in [0.05, 0.1) is 6.04 Å². The van der Waals surface area contributed by atoms with Gasteiger partial charge in [0.1, 0.15) is 5.82 Å². The number of hydrogen-bond acceptors (Lipinski definition) is 1. The molecular weight excluding hydrogens is 308 g/mol. The van der Waals surface area contributed by atoms with Crippen LogP contribution in [0.5, 0.6) is 0 Å². The highest BCUT2D eigenvalue weighted by atomic mass is 35.5. The van der Waals surface area contributed by atoms with Crippen molar-refractivity contribution in [3.05, 3.63) is 68.4 Å². The van der Waals surface area contributed by atoms with Crippen molar-refractivity contribution in [3.63, 3.8) is 0 Å². The molecule has 112 valence electrons. The zero-order valence-corrected chi connectivity index (χ0v) is 13.8. The van der Waals surface area contributed by atoms with E-state index in [0.29, 0.717) is 22.2 Å². The van der Waals surface area contributed by atoms with Gasteiger partial charge in [-0.2, -0.15) is 0 Å². The Balaban J connectivity index is 2.62. The zero-order valence-electron chi connectivity index (χ0n) is 12.3. The van der Waals surface area contributed by atoms with Gasteiger partial charge in [0.25, 0.3) is 0 Å². The van der Waals surface area contributed by atoms with Gasteiger partial charge in [-0.15, -0.1) is 0 Å². The van der Waals surface area contributed by atoms with Crippen molar-refractivity contribution in [2.24, 2.45) is 0 Å². The second-order valence-electron chi connectivity index (χ2n) is 5.08. The van der Waals surface area contributed by atoms with E-state index in [2.05, 4.69) is 5.32 Å². The van der Waals surface area contributed by atoms with Crippen LogP contribution in [0.4, 0.5) is 4.39 Å². The molecule has 1 N–H and O–H groups in total. The molecule has 0 saturated carbocycles. The molecule has 1 nitrogen and oxygen atoms in total. The van der Waals surface area contributed by atoms with Gasteiger partial charge in [0.15, 0.2) is 0 Å². The number of rotatable bonds is 4. The number of nitrogens with one attached hydrogen (secondary N) is 1. The summed E-state index contributed by atoms with van der Waals surface area (Å²) in [5, 5.41) is 4.45. The molecule has 0 heterocycles. The highest BCUT2D eigenvalue weighted by Gasteiger charge is 2.22. The Labute approximate surface area is 135 Å². The SMILES string of the molecule is CCNC(c1cc(C)c(Cl)cc1C)c1c(F)cccc1Cl. The van der Waals surface area contributed by atoms with Crippen LogP contribution in [-0.2, 0) is 0 Å². The fourth-order valence-corrected chi connectivity index (χ4v) is 2.96. The quantitative estimate of drug-likeness (QED) is 0.788. The average Bonchev–Trinajstić information content (AvgIpc) is 2.42. The van der Waals surface area contributed by atoms with E-state index in [-0.39, 0.29) is 11.9 Å². The fourth-order valence-electron chi connectivity index (χ4n) is 2.47. The molecule has 2 aromatic rings. The number of hydrogen-bond donors (Lipinski definition) is 1. The maximum atomic E-state index is 14.3. The normalized spacial score (nSPS) is 12.5. The molecule has 2 aromatic carbocycles. The van der Waals surface area contributed by atoms with Gasteiger partial charge in [-0.3, -0.25) is 0 Å². The van der Waals surface area contributed by atoms with Gasteiger partial charge in [-0.05, 0) is 55.3 Å². The Morgan fingerprint density at radius 3 is 2.43 bits per heavy atom. The molecule has 21 heavy (non-hydrogen) atoms. The lowest BCUT2D eigenvalue weighted by Crippen LogP contribution is -2.24. The van der Waals surface area contributed by atoms with Crippen LogP contribution in [0, 0.1) is 19.7 Å². The van der Waals surface area contributed by atoms with E-state index in [1.165, 1.54) is 6.07 Å². The van der Waals surface area contributed by atoms with Gasteiger partial charge in [-0.1, -0.05) is 42.3 Å². The van der Waals surface area contributed by atoms with E-state index in [0.717, 1.165) is 16.7 Å². The number of halogens is 3. The Bertz CT molecular complexity index is 635. The molecule has 0 saturated heterocycles. The molecule has 1 unspecified atom stereocenters. The Kier molecular flexibility index (Phi) is 5.26. The van der Waals surface area contributed by atoms with Gasteiger partial charge >= 0.3 is 0 Å². The van der Waals surface area contributed by atoms with Crippen molar-refractivity contribution in [1.82, 2.24) is 5.32 Å². The van der Waals surface area contributed by atoms with Crippen LogP contribution >= 0.6 is 23.2 Å². The van der Waals surface area contributed by atoms with Crippen LogP contribution in [0.1, 0.15) is 35.2 Å². The summed E-state index contributed by atoms with van der Waals surface area (Å²) in [6.07, 6.45) is 0. The summed E-state index contributed by atoms with van der Waals surface area (Å²) in [4.78, 5) is 0. The zero-order chi connectivity index (χ0) is 15.6. The first-order chi connectivity index (χ1) is 9.95. The van der Waals surface area contributed by atoms with E-state index >= 15 is 0 Å². The van der Waals surface area contributed by atoms with Gasteiger partial charge < -0.3 is 5.32 Å². The molecule has 4 heteroatoms. The lowest BCUT2D eigenvalue weighted by atomic mass is 9.93. The van der Waals surface area contributed by atoms with Crippen LogP contribution < -0.4 is 5.32 Å². The van der Waals surface area contributed by atoms with E-state index in [4.69, 9.17) is 23.2 Å². The van der Waals surface area contributed by atoms with Crippen molar-refractivity contribution in [3.8, 4) is 0 Å². The molecule has 0 aromatic heterocycles. The number of benzene rings is 2. The highest BCUT2D eigenvalue weighted by Crippen LogP contribution is 2.34. The van der Waals surface area contributed by atoms with Crippen LogP contribution in [0.3, 0.4) is 0 Å². The number of aryl methyl sites for hydroxylation is 2. The second kappa shape index (κ2) is 6.78. The molecule has 0 amide bonds. The Morgan fingerprint density at radius 2 is 1.81 bits per heavy atom. The predicted molar refractivity (Wildman–Crippen MR) is 87.9 cm³/mol. The minimum atomic E-state index is -0.305. The van der Waals surface area contributed by atoms with E-state index in [9.17, 15) is 4.39 Å². The Morgan fingerprint density at radius 1 is 1.10 bits per heavy atom. The first-order valence-electron chi connectivity index (χ1n) is 6.89. The molecule has 0 aliphatic carbocycles. The largest absolute Gasteiger partial charge is 0.306 e. The summed E-state index contributed by atoms with van der Waals surface area (Å²) in [6, 6.07) is 8.37. The molecule has 1 atom stereocenters. The standard InChI is InChI=1S/C17H18Cl2FN/c1-4-21-17(16-13(18)6-5-7-15(16)20)12-8-11(3)14(19)9-10(12)2/h5-9,17,21H,4H2,1-3H3. The average molecular weight is 326 g/mol. The minimum absolute atomic E-state index is 0.292. The molecule has 0 fully saturated rings. The monoisotopic (exact) mass is 325 g/mol. The minimum Gasteiger partial charge on any atom is -0.306 e. The van der Waals surface area contributed by atoms with Crippen molar-refractivity contribution in [1.29, 1.82) is 0 Å². The first-order valence-corrected chi connectivity index (χ1v) is 7.65. The summed E-state index contributed by atoms with van der Waals surface area (Å²) in [7, 11) is 0. The molecule has 0 aliphatic rings. The van der Waals surface area contributed by atoms with E-state index in [1.807, 2.05) is 32.9 Å². The third-order valence-electron chi connectivity index (χ3n) is 3.55. The summed E-state index contributed by atoms with van der Waals surface area (Å²) in [5.41, 5.74) is 3.44. The van der Waals surface area contributed by atoms with Crippen molar-refractivity contribution in [2.75, 3.05) is 6.54 Å². The van der Waals surface area contributed by atoms with Crippen LogP contribution in [0.15, 0.2) is 30.3 Å². The fraction of sp³-hybridized carbons (Fsp3) is 0.294. The molecule has 0 bridgehead atoms. The maximum Gasteiger partial charge on any atom is 0.129 e. The summed E-state index contributed by atoms with van der Waals surface area (Å²) >= 11 is 12.4. The van der Waals surface area contributed by atoms with Crippen LogP contribution in [0.25, 0.3) is 0 Å². The van der Waals surface area contributed by atoms with Crippen molar-refractivity contribution in [2.45, 2.75) is 26.8 Å². The molecule has 0 spiro atoms. The van der Waals surface area contributed by atoms with E-state index in [1.54, 1.807) is 12.1 Å². The van der Waals surface area contributed by atoms with Crippen molar-refractivity contribution < 1.29 is 4.39 Å². The third kappa shape index (κ3) is 3.39. The third-order valence-corrected chi connectivity index (χ3v) is 4.29. The van der Waals surface area contributed by atoms with Crippen LogP contribution in [-0.4, -0.2) is 6.54 Å². The predicted octanol–water partition coefficient (Wildman–Crippen LogP) is 5.45. The molecule has 0 radical (unpaired) electrons. The van der Waals surface area contributed by atoms with Gasteiger partial charge in [-0.25, -0.2) is 4.39 Å². The molecule has 2 rings (SSSR count). The van der Waals surface area contributed by atoms with Gasteiger partial charge in [0, 0.05) is 15.6 Å². The first kappa shape index (κ1) is 16.3. The summed E-state index contributed by atoms with van der Waals surface area (Å²) < 4.78 is 14.3. The summed E-state index contributed by atoms with van der Waals surface area (Å²) in [5.74, 6) is -0.305. The van der Waals surface area contributed by atoms with Crippen molar-refractivity contribution >= 4 is 23.2 Å². The summed E-state index contributed by atoms with van der Waals surface area (Å²) in [6.45, 7) is 6.60. The Hall–Kier alpha value is -1.09. The second-order valence-corrected chi connectivity index (χ2v) is 5.90. The highest BCUT2D eigenvalue weighted by molar-refractivity contribution is 6.31. The molecule has 0 aliphatic heterocycles. The topological polar surface area (TPSA) is 12.0 Å². The van der Waals surface area contributed by atoms with Gasteiger partial charge in [0.2, 0.25) is 0 Å². The van der Waals surface area contributed by atoms with E-state index < -0.39 is 0 Å². The maximum absolute atomic E-state index is 14.3. The smallest absolute Gasteiger partial charge is 0.129 e. The lowest BCUT2D eigenvalue weighted by molar-refractivity contribution is 0.558. The van der Waals surface area contributed by atoms with Crippen LogP contribution in [0.2, 0.25) is 10.0 Å². The molecular formula is C17H18Cl2FN.